The van der Waals surface area contributed by atoms with E-state index < -0.39 is 11.9 Å². The Morgan fingerprint density at radius 2 is 2.11 bits per heavy atom. The number of halogens is 3. The van der Waals surface area contributed by atoms with Gasteiger partial charge in [-0.1, -0.05) is 23.7 Å². The van der Waals surface area contributed by atoms with Crippen LogP contribution >= 0.6 is 27.5 Å². The summed E-state index contributed by atoms with van der Waals surface area (Å²) >= 11 is 8.91. The van der Waals surface area contributed by atoms with E-state index in [4.69, 9.17) is 16.3 Å². The topological polar surface area (TPSA) is 42.4 Å². The standard InChI is InChI=1S/C13H10BrClFNO2/c1-19-10-4-2-3-9(17-10)13(18)7-5-6-8(14)11(15)12(7)16/h2-6,13,18H,1H3. The number of hydrogen-bond acceptors (Lipinski definition) is 3. The van der Waals surface area contributed by atoms with Crippen molar-refractivity contribution < 1.29 is 14.2 Å². The smallest absolute Gasteiger partial charge is 0.213 e. The van der Waals surface area contributed by atoms with E-state index in [-0.39, 0.29) is 16.3 Å². The highest BCUT2D eigenvalue weighted by Crippen LogP contribution is 2.32. The molecular weight excluding hydrogens is 337 g/mol. The molecule has 0 fully saturated rings. The molecule has 100 valence electrons. The fraction of sp³-hybridized carbons (Fsp3) is 0.154. The second-order valence-electron chi connectivity index (χ2n) is 3.77. The van der Waals surface area contributed by atoms with E-state index in [1.165, 1.54) is 13.2 Å². The number of aromatic nitrogens is 1. The molecule has 1 N–H and O–H groups in total. The number of aliphatic hydroxyl groups is 1. The Kier molecular flexibility index (Phi) is 4.39. The van der Waals surface area contributed by atoms with Crippen LogP contribution < -0.4 is 4.74 Å². The minimum Gasteiger partial charge on any atom is -0.481 e. The molecule has 0 aliphatic heterocycles. The van der Waals surface area contributed by atoms with E-state index in [9.17, 15) is 9.50 Å². The van der Waals surface area contributed by atoms with Crippen LogP contribution in [0.4, 0.5) is 4.39 Å². The number of benzene rings is 1. The fourth-order valence-electron chi connectivity index (χ4n) is 1.61. The second kappa shape index (κ2) is 5.86. The molecule has 1 aromatic carbocycles. The average Bonchev–Trinajstić information content (AvgIpc) is 2.44. The zero-order chi connectivity index (χ0) is 14.0. The number of methoxy groups -OCH3 is 1. The number of aliphatic hydroxyl groups excluding tert-OH is 1. The lowest BCUT2D eigenvalue weighted by atomic mass is 10.1. The second-order valence-corrected chi connectivity index (χ2v) is 5.00. The van der Waals surface area contributed by atoms with Gasteiger partial charge >= 0.3 is 0 Å². The van der Waals surface area contributed by atoms with Gasteiger partial charge in [0.15, 0.2) is 0 Å². The van der Waals surface area contributed by atoms with Crippen molar-refractivity contribution in [2.75, 3.05) is 7.11 Å². The van der Waals surface area contributed by atoms with Gasteiger partial charge in [0, 0.05) is 16.1 Å². The molecule has 0 bridgehead atoms. The summed E-state index contributed by atoms with van der Waals surface area (Å²) in [4.78, 5) is 4.07. The van der Waals surface area contributed by atoms with Crippen molar-refractivity contribution in [3.8, 4) is 5.88 Å². The molecule has 0 spiro atoms. The summed E-state index contributed by atoms with van der Waals surface area (Å²) in [7, 11) is 1.47. The van der Waals surface area contributed by atoms with Crippen LogP contribution in [0.2, 0.25) is 5.02 Å². The average molecular weight is 347 g/mol. The maximum Gasteiger partial charge on any atom is 0.213 e. The summed E-state index contributed by atoms with van der Waals surface area (Å²) in [5.74, 6) is -0.326. The predicted octanol–water partition coefficient (Wildman–Crippen LogP) is 3.73. The Bertz CT molecular complexity index is 609. The summed E-state index contributed by atoms with van der Waals surface area (Å²) in [6, 6.07) is 7.92. The summed E-state index contributed by atoms with van der Waals surface area (Å²) < 4.78 is 19.4. The lowest BCUT2D eigenvalue weighted by Crippen LogP contribution is -2.06. The molecular formula is C13H10BrClFNO2. The van der Waals surface area contributed by atoms with Gasteiger partial charge in [-0.05, 0) is 28.1 Å². The maximum absolute atomic E-state index is 14.0. The Hall–Kier alpha value is -1.17. The molecule has 0 saturated heterocycles. The number of ether oxygens (including phenoxy) is 1. The Labute approximate surface area is 123 Å². The van der Waals surface area contributed by atoms with Gasteiger partial charge in [-0.25, -0.2) is 9.37 Å². The summed E-state index contributed by atoms with van der Waals surface area (Å²) in [6.07, 6.45) is -1.21. The van der Waals surface area contributed by atoms with Crippen molar-refractivity contribution in [1.29, 1.82) is 0 Å². The first-order chi connectivity index (χ1) is 9.04. The monoisotopic (exact) mass is 345 g/mol. The molecule has 0 amide bonds. The van der Waals surface area contributed by atoms with Crippen molar-refractivity contribution in [1.82, 2.24) is 4.98 Å². The van der Waals surface area contributed by atoms with Crippen molar-refractivity contribution in [3.05, 3.63) is 56.9 Å². The van der Waals surface area contributed by atoms with Crippen LogP contribution in [0.25, 0.3) is 0 Å². The third-order valence-electron chi connectivity index (χ3n) is 2.59. The van der Waals surface area contributed by atoms with Crippen LogP contribution in [-0.2, 0) is 0 Å². The Morgan fingerprint density at radius 1 is 1.37 bits per heavy atom. The van der Waals surface area contributed by atoms with Crippen LogP contribution in [0, 0.1) is 5.82 Å². The van der Waals surface area contributed by atoms with Crippen LogP contribution in [0.15, 0.2) is 34.8 Å². The molecule has 0 saturated carbocycles. The number of rotatable bonds is 3. The van der Waals surface area contributed by atoms with Crippen LogP contribution in [0.3, 0.4) is 0 Å². The van der Waals surface area contributed by atoms with Gasteiger partial charge in [0.25, 0.3) is 0 Å². The highest BCUT2D eigenvalue weighted by atomic mass is 79.9. The van der Waals surface area contributed by atoms with Crippen molar-refractivity contribution in [3.63, 3.8) is 0 Å². The molecule has 1 heterocycles. The third kappa shape index (κ3) is 2.88. The first-order valence-electron chi connectivity index (χ1n) is 5.37. The maximum atomic E-state index is 14.0. The van der Waals surface area contributed by atoms with Crippen LogP contribution in [0.5, 0.6) is 5.88 Å². The van der Waals surface area contributed by atoms with Gasteiger partial charge in [-0.2, -0.15) is 0 Å². The zero-order valence-electron chi connectivity index (χ0n) is 9.90. The van der Waals surface area contributed by atoms with E-state index >= 15 is 0 Å². The van der Waals surface area contributed by atoms with Gasteiger partial charge < -0.3 is 9.84 Å². The minimum absolute atomic E-state index is 0.0638. The highest BCUT2D eigenvalue weighted by molar-refractivity contribution is 9.10. The van der Waals surface area contributed by atoms with Crippen molar-refractivity contribution >= 4 is 27.5 Å². The molecule has 6 heteroatoms. The molecule has 0 aliphatic rings. The fourth-order valence-corrected chi connectivity index (χ4v) is 2.09. The minimum atomic E-state index is -1.21. The first kappa shape index (κ1) is 14.2. The van der Waals surface area contributed by atoms with E-state index in [2.05, 4.69) is 20.9 Å². The lowest BCUT2D eigenvalue weighted by molar-refractivity contribution is 0.208. The number of nitrogens with zero attached hydrogens (tertiary/aromatic N) is 1. The van der Waals surface area contributed by atoms with E-state index in [0.717, 1.165) is 0 Å². The molecule has 0 radical (unpaired) electrons. The van der Waals surface area contributed by atoms with Crippen molar-refractivity contribution in [2.45, 2.75) is 6.10 Å². The highest BCUT2D eigenvalue weighted by Gasteiger charge is 2.20. The predicted molar refractivity (Wildman–Crippen MR) is 74.0 cm³/mol. The van der Waals surface area contributed by atoms with Crippen LogP contribution in [0.1, 0.15) is 17.4 Å². The zero-order valence-corrected chi connectivity index (χ0v) is 12.2. The van der Waals surface area contributed by atoms with Crippen LogP contribution in [-0.4, -0.2) is 17.2 Å². The largest absolute Gasteiger partial charge is 0.481 e. The number of pyridine rings is 1. The molecule has 2 aromatic rings. The third-order valence-corrected chi connectivity index (χ3v) is 3.85. The van der Waals surface area contributed by atoms with E-state index in [0.29, 0.717) is 10.4 Å². The molecule has 2 rings (SSSR count). The van der Waals surface area contributed by atoms with Crippen molar-refractivity contribution in [2.24, 2.45) is 0 Å². The Morgan fingerprint density at radius 3 is 2.79 bits per heavy atom. The Balaban J connectivity index is 2.44. The molecule has 1 atom stereocenters. The normalized spacial score (nSPS) is 12.3. The van der Waals surface area contributed by atoms with Gasteiger partial charge in [0.1, 0.15) is 11.9 Å². The number of hydrogen-bond donors (Lipinski definition) is 1. The lowest BCUT2D eigenvalue weighted by Gasteiger charge is -2.13. The molecule has 19 heavy (non-hydrogen) atoms. The first-order valence-corrected chi connectivity index (χ1v) is 6.54. The quantitative estimate of drug-likeness (QED) is 0.861. The van der Waals surface area contributed by atoms with Gasteiger partial charge in [-0.15, -0.1) is 0 Å². The molecule has 3 nitrogen and oxygen atoms in total. The van der Waals surface area contributed by atoms with Gasteiger partial charge in [-0.3, -0.25) is 0 Å². The summed E-state index contributed by atoms with van der Waals surface area (Å²) in [6.45, 7) is 0. The van der Waals surface area contributed by atoms with Gasteiger partial charge in [0.2, 0.25) is 5.88 Å². The summed E-state index contributed by atoms with van der Waals surface area (Å²) in [5.41, 5.74) is 0.352. The van der Waals surface area contributed by atoms with Gasteiger partial charge in [0.05, 0.1) is 17.8 Å². The SMILES string of the molecule is COc1cccc(C(O)c2ccc(Br)c(Cl)c2F)n1. The van der Waals surface area contributed by atoms with E-state index in [1.807, 2.05) is 0 Å². The molecule has 0 aliphatic carbocycles. The van der Waals surface area contributed by atoms with E-state index in [1.54, 1.807) is 24.3 Å². The molecule has 1 aromatic heterocycles. The summed E-state index contributed by atoms with van der Waals surface area (Å²) in [5, 5.41) is 10.1. The molecule has 1 unspecified atom stereocenters.